The molecule has 0 amide bonds. The lowest BCUT2D eigenvalue weighted by molar-refractivity contribution is -0.262. The van der Waals surface area contributed by atoms with E-state index >= 15 is 0 Å². The number of nitrogens with two attached hydrogens (primary N) is 1. The number of rotatable bonds is 5. The Kier molecular flexibility index (Phi) is 4.39. The van der Waals surface area contributed by atoms with E-state index in [1.165, 1.54) is 56.4 Å². The Morgan fingerprint density at radius 1 is 1.25 bits per heavy atom. The second-order valence-electron chi connectivity index (χ2n) is 12.8. The van der Waals surface area contributed by atoms with E-state index < -0.39 is 0 Å². The van der Waals surface area contributed by atoms with Gasteiger partial charge in [-0.3, -0.25) is 0 Å². The molecule has 2 aliphatic heterocycles. The smallest absolute Gasteiger partial charge is 0.126 e. The zero-order valence-electron chi connectivity index (χ0n) is 21.3. The Morgan fingerprint density at radius 2 is 2.03 bits per heavy atom. The Labute approximate surface area is 195 Å². The monoisotopic (exact) mass is 436 g/mol. The molecule has 2 unspecified atom stereocenters. The van der Waals surface area contributed by atoms with Crippen LogP contribution in [0.4, 0.5) is 0 Å². The van der Waals surface area contributed by atoms with Gasteiger partial charge < -0.3 is 15.4 Å². The quantitative estimate of drug-likeness (QED) is 0.652. The maximum Gasteiger partial charge on any atom is 0.126 e. The number of benzene rings is 1. The van der Waals surface area contributed by atoms with Gasteiger partial charge in [-0.1, -0.05) is 45.7 Å². The van der Waals surface area contributed by atoms with Crippen molar-refractivity contribution >= 4 is 0 Å². The molecule has 2 N–H and O–H groups in total. The fraction of sp³-hybridized carbons (Fsp3) is 0.793. The van der Waals surface area contributed by atoms with E-state index in [4.69, 9.17) is 10.5 Å². The van der Waals surface area contributed by atoms with Gasteiger partial charge in [0.2, 0.25) is 0 Å². The van der Waals surface area contributed by atoms with Crippen molar-refractivity contribution in [3.8, 4) is 5.75 Å². The van der Waals surface area contributed by atoms with Crippen LogP contribution in [-0.2, 0) is 11.8 Å². The number of hydrogen-bond acceptors (Lipinski definition) is 3. The van der Waals surface area contributed by atoms with E-state index in [-0.39, 0.29) is 16.4 Å². The van der Waals surface area contributed by atoms with Crippen molar-refractivity contribution in [2.24, 2.45) is 28.4 Å². The first-order valence-corrected chi connectivity index (χ1v) is 13.5. The third-order valence-corrected chi connectivity index (χ3v) is 11.7. The molecule has 8 atom stereocenters. The van der Waals surface area contributed by atoms with Gasteiger partial charge in [0.1, 0.15) is 11.9 Å². The maximum absolute atomic E-state index is 7.33. The summed E-state index contributed by atoms with van der Waals surface area (Å²) in [5.74, 6) is 2.43. The average Bonchev–Trinajstić information content (AvgIpc) is 3.14. The second kappa shape index (κ2) is 6.54. The third-order valence-electron chi connectivity index (χ3n) is 11.7. The highest BCUT2D eigenvalue weighted by molar-refractivity contribution is 5.61. The zero-order valence-corrected chi connectivity index (χ0v) is 21.3. The zero-order chi connectivity index (χ0) is 22.7. The van der Waals surface area contributed by atoms with Crippen molar-refractivity contribution in [1.29, 1.82) is 0 Å². The van der Waals surface area contributed by atoms with Crippen molar-refractivity contribution in [3.63, 3.8) is 0 Å². The lowest BCUT2D eigenvalue weighted by Gasteiger charge is -2.76. The molecule has 4 aliphatic carbocycles. The van der Waals surface area contributed by atoms with E-state index in [1.807, 2.05) is 0 Å². The minimum Gasteiger partial charge on any atom is -0.488 e. The summed E-state index contributed by atoms with van der Waals surface area (Å²) in [6.07, 6.45) is 10.2. The molecule has 0 radical (unpaired) electrons. The van der Waals surface area contributed by atoms with Gasteiger partial charge in [-0.2, -0.15) is 0 Å². The van der Waals surface area contributed by atoms with Crippen LogP contribution >= 0.6 is 0 Å². The highest BCUT2D eigenvalue weighted by Crippen LogP contribution is 2.79. The first-order chi connectivity index (χ1) is 15.2. The summed E-state index contributed by atoms with van der Waals surface area (Å²) in [5.41, 5.74) is 12.5. The van der Waals surface area contributed by atoms with Crippen LogP contribution in [0.2, 0.25) is 0 Å². The van der Waals surface area contributed by atoms with Crippen molar-refractivity contribution in [2.75, 3.05) is 13.6 Å². The summed E-state index contributed by atoms with van der Waals surface area (Å²) in [5, 5.41) is 0. The van der Waals surface area contributed by atoms with Gasteiger partial charge in [-0.05, 0) is 88.9 Å². The Balaban J connectivity index is 1.65. The molecule has 2 spiro atoms. The molecule has 176 valence electrons. The number of nitrogens with zero attached hydrogens (tertiary/aromatic N) is 1. The molecule has 4 fully saturated rings. The molecule has 6 aliphatic rings. The third kappa shape index (κ3) is 2.13. The topological polar surface area (TPSA) is 38.5 Å². The molecule has 1 saturated heterocycles. The van der Waals surface area contributed by atoms with E-state index in [0.717, 1.165) is 12.8 Å². The lowest BCUT2D eigenvalue weighted by Crippen LogP contribution is -2.81. The Morgan fingerprint density at radius 3 is 2.75 bits per heavy atom. The van der Waals surface area contributed by atoms with Crippen molar-refractivity contribution < 1.29 is 4.74 Å². The van der Waals surface area contributed by atoms with Crippen LogP contribution in [0.1, 0.15) is 89.3 Å². The molecule has 7 rings (SSSR count). The number of likely N-dealkylation sites (tertiary alicyclic amines) is 1. The summed E-state index contributed by atoms with van der Waals surface area (Å²) >= 11 is 0. The summed E-state index contributed by atoms with van der Waals surface area (Å²) in [6.45, 7) is 13.1. The van der Waals surface area contributed by atoms with Crippen molar-refractivity contribution in [3.05, 3.63) is 28.8 Å². The first-order valence-electron chi connectivity index (χ1n) is 13.5. The second-order valence-corrected chi connectivity index (χ2v) is 12.8. The molecule has 3 heteroatoms. The van der Waals surface area contributed by atoms with Crippen LogP contribution in [0.25, 0.3) is 0 Å². The van der Waals surface area contributed by atoms with Crippen molar-refractivity contribution in [1.82, 2.24) is 4.90 Å². The maximum atomic E-state index is 7.33. The van der Waals surface area contributed by atoms with Gasteiger partial charge in [-0.15, -0.1) is 0 Å². The molecule has 3 nitrogen and oxygen atoms in total. The number of likely N-dealkylation sites (N-methyl/N-ethyl adjacent to an activating group) is 1. The molecule has 2 heterocycles. The van der Waals surface area contributed by atoms with E-state index in [0.29, 0.717) is 29.4 Å². The molecule has 1 aromatic carbocycles. The summed E-state index contributed by atoms with van der Waals surface area (Å²) in [7, 11) is 2.39. The Bertz CT molecular complexity index is 955. The standard InChI is InChI=1S/C29H44N2O/c1-7-11-26(5,30)21-17-27-12-13-28(21,19(4)8-2)25-29(27)14-15-31(6)22(27)16-20-10-9-18(3)24(32-25)23(20)29/h9-10,19,21-22,25H,7-8,11-17,30H2,1-6H3/t19?,21-,22-,25+,26?,27-,28-,29+/m1/s1. The summed E-state index contributed by atoms with van der Waals surface area (Å²) in [4.78, 5) is 2.72. The molecular formula is C29H44N2O. The Hall–Kier alpha value is -1.06. The van der Waals surface area contributed by atoms with Gasteiger partial charge in [0, 0.05) is 33.4 Å². The van der Waals surface area contributed by atoms with E-state index in [2.05, 4.69) is 58.7 Å². The van der Waals surface area contributed by atoms with Crippen LogP contribution in [0.5, 0.6) is 5.75 Å². The molecule has 4 bridgehead atoms. The van der Waals surface area contributed by atoms with Gasteiger partial charge in [0.05, 0.1) is 0 Å². The van der Waals surface area contributed by atoms with Crippen LogP contribution in [-0.4, -0.2) is 36.2 Å². The average molecular weight is 437 g/mol. The van der Waals surface area contributed by atoms with Gasteiger partial charge in [0.25, 0.3) is 0 Å². The van der Waals surface area contributed by atoms with Crippen molar-refractivity contribution in [2.45, 2.75) is 109 Å². The van der Waals surface area contributed by atoms with Gasteiger partial charge in [-0.25, -0.2) is 0 Å². The molecule has 32 heavy (non-hydrogen) atoms. The normalized spacial score (nSPS) is 44.0. The molecule has 1 aromatic rings. The number of fused-ring (bicyclic) bond motifs is 2. The van der Waals surface area contributed by atoms with Gasteiger partial charge in [0.15, 0.2) is 0 Å². The predicted octanol–water partition coefficient (Wildman–Crippen LogP) is 5.60. The SMILES string of the molecule is CCCC(C)(N)[C@H]1C[C@@]23CC[C@]1(C(C)CC)[C@@H]1Oc4c(C)ccc5c4[C@@]12CCN(C)[C@@H]3C5. The van der Waals surface area contributed by atoms with Crippen LogP contribution in [0, 0.1) is 29.6 Å². The largest absolute Gasteiger partial charge is 0.488 e. The van der Waals surface area contributed by atoms with Crippen LogP contribution in [0.15, 0.2) is 12.1 Å². The molecule has 0 aromatic heterocycles. The van der Waals surface area contributed by atoms with Crippen LogP contribution < -0.4 is 10.5 Å². The first kappa shape index (κ1) is 21.5. The fourth-order valence-electron chi connectivity index (χ4n) is 10.3. The number of ether oxygens (including phenoxy) is 1. The number of aryl methyl sites for hydroxylation is 1. The number of piperidine rings is 1. The minimum absolute atomic E-state index is 0.131. The minimum atomic E-state index is -0.131. The lowest BCUT2D eigenvalue weighted by atomic mass is 9.29. The molecular weight excluding hydrogens is 392 g/mol. The highest BCUT2D eigenvalue weighted by atomic mass is 16.5. The number of hydrogen-bond donors (Lipinski definition) is 1. The highest BCUT2D eigenvalue weighted by Gasteiger charge is 2.81. The fourth-order valence-corrected chi connectivity index (χ4v) is 10.3. The van der Waals surface area contributed by atoms with E-state index in [1.54, 1.807) is 11.1 Å². The van der Waals surface area contributed by atoms with Crippen LogP contribution in [0.3, 0.4) is 0 Å². The summed E-state index contributed by atoms with van der Waals surface area (Å²) in [6, 6.07) is 5.40. The van der Waals surface area contributed by atoms with E-state index in [9.17, 15) is 0 Å². The summed E-state index contributed by atoms with van der Waals surface area (Å²) < 4.78 is 7.33. The van der Waals surface area contributed by atoms with Gasteiger partial charge >= 0.3 is 0 Å². The molecule has 3 saturated carbocycles. The predicted molar refractivity (Wildman–Crippen MR) is 131 cm³/mol.